The molecule has 0 radical (unpaired) electrons. The quantitative estimate of drug-likeness (QED) is 0.673. The molecule has 0 atom stereocenters. The predicted molar refractivity (Wildman–Crippen MR) is 58.8 cm³/mol. The minimum absolute atomic E-state index is 0.00367. The summed E-state index contributed by atoms with van der Waals surface area (Å²) < 4.78 is 21.6. The van der Waals surface area contributed by atoms with Crippen molar-refractivity contribution >= 4 is 21.7 Å². The summed E-state index contributed by atoms with van der Waals surface area (Å²) in [6.45, 7) is 0.328. The molecule has 0 aliphatic rings. The van der Waals surface area contributed by atoms with Crippen molar-refractivity contribution in [2.24, 2.45) is 0 Å². The summed E-state index contributed by atoms with van der Waals surface area (Å²) in [4.78, 5) is 23.0. The smallest absolute Gasteiger partial charge is 0.303 e. The van der Waals surface area contributed by atoms with Crippen molar-refractivity contribution in [3.8, 4) is 0 Å². The Morgan fingerprint density at radius 2 is 1.81 bits per heavy atom. The molecule has 0 aromatic rings. The first kappa shape index (κ1) is 14.9. The Bertz CT molecular complexity index is 349. The maximum absolute atomic E-state index is 11.4. The maximum Gasteiger partial charge on any atom is 0.303 e. The van der Waals surface area contributed by atoms with Crippen molar-refractivity contribution in [3.63, 3.8) is 0 Å². The fraction of sp³-hybridized carbons (Fsp3) is 0.778. The molecule has 0 fully saturated rings. The van der Waals surface area contributed by atoms with E-state index in [4.69, 9.17) is 5.11 Å². The first-order valence-electron chi connectivity index (χ1n) is 4.86. The van der Waals surface area contributed by atoms with E-state index in [0.29, 0.717) is 13.0 Å². The monoisotopic (exact) mass is 251 g/mol. The van der Waals surface area contributed by atoms with Gasteiger partial charge in [0.1, 0.15) is 9.84 Å². The Morgan fingerprint density at radius 3 is 2.25 bits per heavy atom. The number of carbonyl (C=O) groups is 2. The molecule has 7 heteroatoms. The van der Waals surface area contributed by atoms with E-state index in [0.717, 1.165) is 6.26 Å². The van der Waals surface area contributed by atoms with Crippen LogP contribution in [0.1, 0.15) is 19.3 Å². The second-order valence-electron chi connectivity index (χ2n) is 3.69. The highest BCUT2D eigenvalue weighted by Crippen LogP contribution is 1.98. The first-order valence-corrected chi connectivity index (χ1v) is 6.92. The van der Waals surface area contributed by atoms with E-state index in [9.17, 15) is 18.0 Å². The third-order valence-electron chi connectivity index (χ3n) is 2.00. The van der Waals surface area contributed by atoms with Gasteiger partial charge in [0.15, 0.2) is 0 Å². The summed E-state index contributed by atoms with van der Waals surface area (Å²) in [7, 11) is -1.59. The zero-order chi connectivity index (χ0) is 12.8. The zero-order valence-electron chi connectivity index (χ0n) is 9.47. The van der Waals surface area contributed by atoms with Crippen LogP contribution in [0.5, 0.6) is 0 Å². The lowest BCUT2D eigenvalue weighted by Crippen LogP contribution is -2.29. The first-order chi connectivity index (χ1) is 7.22. The highest BCUT2D eigenvalue weighted by atomic mass is 32.2. The third-order valence-corrected chi connectivity index (χ3v) is 2.94. The number of nitrogens with zero attached hydrogens (tertiary/aromatic N) is 1. The van der Waals surface area contributed by atoms with Gasteiger partial charge in [-0.2, -0.15) is 0 Å². The Hall–Kier alpha value is -1.11. The molecular weight excluding hydrogens is 234 g/mol. The molecule has 16 heavy (non-hydrogen) atoms. The molecule has 0 aliphatic carbocycles. The van der Waals surface area contributed by atoms with Crippen LogP contribution >= 0.6 is 0 Å². The van der Waals surface area contributed by atoms with Crippen molar-refractivity contribution in [1.29, 1.82) is 0 Å². The van der Waals surface area contributed by atoms with E-state index < -0.39 is 15.8 Å². The van der Waals surface area contributed by atoms with Crippen molar-refractivity contribution in [2.45, 2.75) is 19.3 Å². The minimum atomic E-state index is -3.13. The largest absolute Gasteiger partial charge is 0.481 e. The normalized spacial score (nSPS) is 11.1. The molecule has 0 aromatic carbocycles. The van der Waals surface area contributed by atoms with Crippen LogP contribution in [0.2, 0.25) is 0 Å². The van der Waals surface area contributed by atoms with Gasteiger partial charge in [0.25, 0.3) is 0 Å². The Morgan fingerprint density at radius 1 is 1.25 bits per heavy atom. The number of hydrogen-bond donors (Lipinski definition) is 1. The molecule has 0 saturated heterocycles. The third kappa shape index (κ3) is 8.22. The molecule has 0 aromatic heterocycles. The van der Waals surface area contributed by atoms with Crippen LogP contribution in [0.4, 0.5) is 0 Å². The average Bonchev–Trinajstić information content (AvgIpc) is 2.12. The Kier molecular flexibility index (Phi) is 6.02. The fourth-order valence-electron chi connectivity index (χ4n) is 1.06. The van der Waals surface area contributed by atoms with E-state index in [2.05, 4.69) is 0 Å². The van der Waals surface area contributed by atoms with Gasteiger partial charge in [0, 0.05) is 32.7 Å². The van der Waals surface area contributed by atoms with Crippen LogP contribution in [0.15, 0.2) is 0 Å². The Labute approximate surface area is 95.2 Å². The maximum atomic E-state index is 11.4. The highest BCUT2D eigenvalue weighted by molar-refractivity contribution is 7.90. The van der Waals surface area contributed by atoms with Crippen LogP contribution < -0.4 is 0 Å². The van der Waals surface area contributed by atoms with Crippen LogP contribution in [0, 0.1) is 0 Å². The standard InChI is InChI=1S/C9H17NO5S/c1-10(6-3-4-9(12)13)8(11)5-7-16(2,14)15/h3-7H2,1-2H3,(H,12,13). The van der Waals surface area contributed by atoms with Crippen LogP contribution in [0.25, 0.3) is 0 Å². The second-order valence-corrected chi connectivity index (χ2v) is 5.95. The fourth-order valence-corrected chi connectivity index (χ4v) is 1.60. The van der Waals surface area contributed by atoms with Crippen molar-refractivity contribution in [2.75, 3.05) is 25.6 Å². The van der Waals surface area contributed by atoms with Gasteiger partial charge < -0.3 is 10.0 Å². The average molecular weight is 251 g/mol. The molecule has 0 aliphatic heterocycles. The van der Waals surface area contributed by atoms with Gasteiger partial charge in [-0.3, -0.25) is 9.59 Å². The summed E-state index contributed by atoms with van der Waals surface area (Å²) in [5.74, 6) is -1.36. The summed E-state index contributed by atoms with van der Waals surface area (Å²) in [5.41, 5.74) is 0. The van der Waals surface area contributed by atoms with E-state index in [-0.39, 0.29) is 24.5 Å². The molecule has 0 saturated carbocycles. The Balaban J connectivity index is 3.86. The predicted octanol–water partition coefficient (Wildman–Crippen LogP) is -0.256. The van der Waals surface area contributed by atoms with Crippen LogP contribution in [-0.4, -0.2) is 55.9 Å². The van der Waals surface area contributed by atoms with Crippen LogP contribution in [0.3, 0.4) is 0 Å². The molecular formula is C9H17NO5S. The van der Waals surface area contributed by atoms with Gasteiger partial charge in [0.05, 0.1) is 5.75 Å². The van der Waals surface area contributed by atoms with Gasteiger partial charge in [0.2, 0.25) is 5.91 Å². The second kappa shape index (κ2) is 6.47. The number of rotatable bonds is 7. The van der Waals surface area contributed by atoms with Gasteiger partial charge in [-0.15, -0.1) is 0 Å². The molecule has 0 spiro atoms. The van der Waals surface area contributed by atoms with Gasteiger partial charge in [-0.25, -0.2) is 8.42 Å². The van der Waals surface area contributed by atoms with Crippen molar-refractivity contribution in [3.05, 3.63) is 0 Å². The molecule has 1 N–H and O–H groups in total. The summed E-state index contributed by atoms with van der Waals surface area (Å²) in [6.07, 6.45) is 1.40. The van der Waals surface area contributed by atoms with Crippen molar-refractivity contribution < 1.29 is 23.1 Å². The molecule has 0 heterocycles. The molecule has 0 unspecified atom stereocenters. The van der Waals surface area contributed by atoms with E-state index in [1.807, 2.05) is 0 Å². The zero-order valence-corrected chi connectivity index (χ0v) is 10.3. The molecule has 1 amide bonds. The van der Waals surface area contributed by atoms with Gasteiger partial charge in [-0.1, -0.05) is 0 Å². The van der Waals surface area contributed by atoms with E-state index >= 15 is 0 Å². The number of hydrogen-bond acceptors (Lipinski definition) is 4. The molecule has 94 valence electrons. The van der Waals surface area contributed by atoms with E-state index in [1.165, 1.54) is 11.9 Å². The topological polar surface area (TPSA) is 91.8 Å². The molecule has 0 rings (SSSR count). The van der Waals surface area contributed by atoms with Gasteiger partial charge >= 0.3 is 5.97 Å². The summed E-state index contributed by atoms with van der Waals surface area (Å²) in [5, 5.41) is 8.39. The lowest BCUT2D eigenvalue weighted by atomic mass is 10.3. The van der Waals surface area contributed by atoms with Gasteiger partial charge in [-0.05, 0) is 6.42 Å². The summed E-state index contributed by atoms with van der Waals surface area (Å²) in [6, 6.07) is 0. The molecule has 0 bridgehead atoms. The lowest BCUT2D eigenvalue weighted by Gasteiger charge is -2.16. The summed E-state index contributed by atoms with van der Waals surface area (Å²) >= 11 is 0. The number of amides is 1. The van der Waals surface area contributed by atoms with E-state index in [1.54, 1.807) is 0 Å². The number of aliphatic carboxylic acids is 1. The number of carboxylic acid groups (broad SMARTS) is 1. The number of sulfone groups is 1. The lowest BCUT2D eigenvalue weighted by molar-refractivity contribution is -0.138. The number of carboxylic acids is 1. The number of carbonyl (C=O) groups excluding carboxylic acids is 1. The SMILES string of the molecule is CN(CCCC(=O)O)C(=O)CCS(C)(=O)=O. The minimum Gasteiger partial charge on any atom is -0.481 e. The highest BCUT2D eigenvalue weighted by Gasteiger charge is 2.12. The van der Waals surface area contributed by atoms with Crippen LogP contribution in [-0.2, 0) is 19.4 Å². The van der Waals surface area contributed by atoms with Crippen molar-refractivity contribution in [1.82, 2.24) is 4.90 Å². The molecule has 6 nitrogen and oxygen atoms in total.